The Morgan fingerprint density at radius 3 is 1.64 bits per heavy atom. The Balaban J connectivity index is 3.79. The van der Waals surface area contributed by atoms with Crippen LogP contribution >= 0.6 is 0 Å². The zero-order chi connectivity index (χ0) is 8.69. The number of rotatable bonds is 4. The molecule has 0 aromatic rings. The Morgan fingerprint density at radius 1 is 1.00 bits per heavy atom. The van der Waals surface area contributed by atoms with Crippen LogP contribution in [-0.2, 0) is 0 Å². The molecule has 0 rings (SSSR count). The van der Waals surface area contributed by atoms with Gasteiger partial charge in [0.15, 0.2) is 0 Å². The third kappa shape index (κ3) is 5.87. The lowest BCUT2D eigenvalue weighted by atomic mass is 10.1. The molecule has 0 heterocycles. The summed E-state index contributed by atoms with van der Waals surface area (Å²) in [5, 5.41) is 0. The minimum atomic E-state index is 0.621. The standard InChI is InChI=1S/C10H20N/c1-5-9(3)7-11-8-10(4)6-2/h7-10H,5-6H2,1-4H3/q+1. The molecule has 1 heteroatoms. The molecule has 0 bridgehead atoms. The van der Waals surface area contributed by atoms with Crippen molar-refractivity contribution in [3.63, 3.8) is 0 Å². The van der Waals surface area contributed by atoms with E-state index in [9.17, 15) is 0 Å². The molecule has 0 amide bonds. The summed E-state index contributed by atoms with van der Waals surface area (Å²) in [6.45, 7) is 8.74. The highest BCUT2D eigenvalue weighted by Crippen LogP contribution is 1.94. The van der Waals surface area contributed by atoms with Crippen molar-refractivity contribution in [2.45, 2.75) is 40.5 Å². The van der Waals surface area contributed by atoms with E-state index in [0.717, 1.165) is 0 Å². The van der Waals surface area contributed by atoms with Crippen LogP contribution in [0.5, 0.6) is 0 Å². The molecular formula is C10H20N+. The van der Waals surface area contributed by atoms with Gasteiger partial charge in [-0.2, -0.15) is 0 Å². The summed E-state index contributed by atoms with van der Waals surface area (Å²) in [5.41, 5.74) is 0. The van der Waals surface area contributed by atoms with E-state index in [2.05, 4.69) is 32.4 Å². The van der Waals surface area contributed by atoms with Gasteiger partial charge in [-0.25, -0.2) is 0 Å². The predicted molar refractivity (Wildman–Crippen MR) is 53.2 cm³/mol. The summed E-state index contributed by atoms with van der Waals surface area (Å²) in [4.78, 5) is 0. The van der Waals surface area contributed by atoms with E-state index < -0.39 is 0 Å². The third-order valence-electron chi connectivity index (χ3n) is 1.97. The predicted octanol–water partition coefficient (Wildman–Crippen LogP) is 2.29. The molecule has 0 aromatic carbocycles. The Labute approximate surface area is 70.3 Å². The van der Waals surface area contributed by atoms with Gasteiger partial charge in [-0.15, -0.1) is 4.67 Å². The number of nitrogens with zero attached hydrogens (tertiary/aromatic N) is 1. The van der Waals surface area contributed by atoms with Crippen molar-refractivity contribution in [2.75, 3.05) is 0 Å². The topological polar surface area (TPSA) is 14.1 Å². The highest BCUT2D eigenvalue weighted by Gasteiger charge is 2.00. The van der Waals surface area contributed by atoms with E-state index >= 15 is 0 Å². The first-order valence-corrected chi connectivity index (χ1v) is 4.57. The van der Waals surface area contributed by atoms with Gasteiger partial charge in [-0.3, -0.25) is 0 Å². The van der Waals surface area contributed by atoms with Crippen LogP contribution in [0, 0.1) is 11.8 Å². The van der Waals surface area contributed by atoms with Crippen molar-refractivity contribution in [1.82, 2.24) is 4.67 Å². The maximum atomic E-state index is 4.26. The van der Waals surface area contributed by atoms with E-state index in [1.807, 2.05) is 12.4 Å². The van der Waals surface area contributed by atoms with Gasteiger partial charge in [0, 0.05) is 0 Å². The van der Waals surface area contributed by atoms with E-state index in [1.165, 1.54) is 12.8 Å². The molecule has 0 aromatic heterocycles. The summed E-state index contributed by atoms with van der Waals surface area (Å²) in [6.07, 6.45) is 6.42. The van der Waals surface area contributed by atoms with Gasteiger partial charge < -0.3 is 0 Å². The van der Waals surface area contributed by atoms with Crippen molar-refractivity contribution >= 4 is 12.4 Å². The van der Waals surface area contributed by atoms with Crippen LogP contribution in [0.3, 0.4) is 0 Å². The highest BCUT2D eigenvalue weighted by molar-refractivity contribution is 5.68. The molecule has 0 saturated carbocycles. The Hall–Kier alpha value is -0.550. The molecule has 0 radical (unpaired) electrons. The van der Waals surface area contributed by atoms with Crippen LogP contribution in [0.15, 0.2) is 0 Å². The maximum absolute atomic E-state index is 4.26. The molecule has 0 saturated heterocycles. The van der Waals surface area contributed by atoms with Crippen LogP contribution < -0.4 is 4.67 Å². The van der Waals surface area contributed by atoms with Crippen molar-refractivity contribution in [3.8, 4) is 0 Å². The lowest BCUT2D eigenvalue weighted by Crippen LogP contribution is -2.00. The molecule has 2 atom stereocenters. The second-order valence-corrected chi connectivity index (χ2v) is 3.22. The molecule has 0 N–H and O–H groups in total. The summed E-state index contributed by atoms with van der Waals surface area (Å²) in [7, 11) is 0. The van der Waals surface area contributed by atoms with E-state index in [1.54, 1.807) is 0 Å². The first kappa shape index (κ1) is 10.4. The quantitative estimate of drug-likeness (QED) is 0.436. The largest absolute Gasteiger partial charge is 0.271 e. The van der Waals surface area contributed by atoms with Crippen molar-refractivity contribution in [3.05, 3.63) is 0 Å². The Kier molecular flexibility index (Phi) is 5.87. The van der Waals surface area contributed by atoms with Gasteiger partial charge >= 0.3 is 0 Å². The van der Waals surface area contributed by atoms with Crippen LogP contribution in [0.4, 0.5) is 0 Å². The fourth-order valence-electron chi connectivity index (χ4n) is 0.554. The van der Waals surface area contributed by atoms with Crippen LogP contribution in [0.1, 0.15) is 40.5 Å². The number of hydrogen-bond donors (Lipinski definition) is 0. The molecular weight excluding hydrogens is 134 g/mol. The second kappa shape index (κ2) is 6.18. The zero-order valence-corrected chi connectivity index (χ0v) is 8.17. The van der Waals surface area contributed by atoms with E-state index in [0.29, 0.717) is 11.8 Å². The first-order valence-electron chi connectivity index (χ1n) is 4.57. The molecule has 0 spiro atoms. The first-order chi connectivity index (χ1) is 5.20. The Morgan fingerprint density at radius 2 is 1.36 bits per heavy atom. The van der Waals surface area contributed by atoms with Crippen LogP contribution in [0.2, 0.25) is 0 Å². The normalized spacial score (nSPS) is 14.9. The summed E-state index contributed by atoms with van der Waals surface area (Å²) < 4.78 is 4.26. The highest BCUT2D eigenvalue weighted by atomic mass is 14.5. The molecule has 0 aliphatic rings. The van der Waals surface area contributed by atoms with Gasteiger partial charge in [-0.05, 0) is 12.8 Å². The fourth-order valence-corrected chi connectivity index (χ4v) is 0.554. The summed E-state index contributed by atoms with van der Waals surface area (Å²) >= 11 is 0. The van der Waals surface area contributed by atoms with Crippen molar-refractivity contribution < 1.29 is 0 Å². The SMILES string of the molecule is CCC(C)C=[N+]=CC(C)CC. The average molecular weight is 154 g/mol. The maximum Gasteiger partial charge on any atom is 0.271 e. The van der Waals surface area contributed by atoms with Crippen LogP contribution in [-0.4, -0.2) is 12.4 Å². The smallest absolute Gasteiger partial charge is 0.110 e. The molecule has 0 aliphatic carbocycles. The van der Waals surface area contributed by atoms with E-state index in [4.69, 9.17) is 0 Å². The van der Waals surface area contributed by atoms with Gasteiger partial charge in [0.25, 0.3) is 12.4 Å². The van der Waals surface area contributed by atoms with Gasteiger partial charge in [0.05, 0.1) is 11.8 Å². The minimum Gasteiger partial charge on any atom is -0.110 e. The summed E-state index contributed by atoms with van der Waals surface area (Å²) in [6, 6.07) is 0. The molecule has 0 aliphatic heterocycles. The summed E-state index contributed by atoms with van der Waals surface area (Å²) in [5.74, 6) is 1.24. The molecule has 0 fully saturated rings. The Bertz CT molecular complexity index is 129. The fraction of sp³-hybridized carbons (Fsp3) is 0.800. The van der Waals surface area contributed by atoms with Crippen molar-refractivity contribution in [2.24, 2.45) is 11.8 Å². The molecule has 64 valence electrons. The van der Waals surface area contributed by atoms with Crippen molar-refractivity contribution in [1.29, 1.82) is 0 Å². The van der Waals surface area contributed by atoms with Gasteiger partial charge in [-0.1, -0.05) is 27.7 Å². The lowest BCUT2D eigenvalue weighted by molar-refractivity contribution is 0.744. The van der Waals surface area contributed by atoms with Gasteiger partial charge in [0.2, 0.25) is 0 Å². The molecule has 2 unspecified atom stereocenters. The molecule has 1 nitrogen and oxygen atoms in total. The number of hydrogen-bond acceptors (Lipinski definition) is 0. The minimum absolute atomic E-state index is 0.621. The molecule has 11 heavy (non-hydrogen) atoms. The zero-order valence-electron chi connectivity index (χ0n) is 8.17. The third-order valence-corrected chi connectivity index (χ3v) is 1.97. The lowest BCUT2D eigenvalue weighted by Gasteiger charge is -1.89. The van der Waals surface area contributed by atoms with Gasteiger partial charge in [0.1, 0.15) is 0 Å². The average Bonchev–Trinajstić information content (AvgIpc) is 2.04. The van der Waals surface area contributed by atoms with Crippen LogP contribution in [0.25, 0.3) is 0 Å². The second-order valence-electron chi connectivity index (χ2n) is 3.22. The monoisotopic (exact) mass is 154 g/mol. The van der Waals surface area contributed by atoms with E-state index in [-0.39, 0.29) is 0 Å².